The number of ether oxygens (including phenoxy) is 1. The number of hydrogen-bond donors (Lipinski definition) is 0. The zero-order chi connectivity index (χ0) is 16.1. The van der Waals surface area contributed by atoms with E-state index in [1.165, 1.54) is 6.07 Å². The van der Waals surface area contributed by atoms with Crippen LogP contribution >= 0.6 is 0 Å². The van der Waals surface area contributed by atoms with Crippen LogP contribution in [0, 0.1) is 5.82 Å². The number of aromatic nitrogens is 1. The number of carbonyl (C=O) groups excluding carboxylic acids is 1. The monoisotopic (exact) mass is 311 g/mol. The van der Waals surface area contributed by atoms with Crippen molar-refractivity contribution in [2.45, 2.75) is 13.0 Å². The summed E-state index contributed by atoms with van der Waals surface area (Å²) in [5, 5.41) is 0. The third-order valence-corrected chi connectivity index (χ3v) is 3.26. The minimum atomic E-state index is -0.533. The fourth-order valence-corrected chi connectivity index (χ4v) is 2.10. The van der Waals surface area contributed by atoms with Gasteiger partial charge in [0, 0.05) is 5.56 Å². The summed E-state index contributed by atoms with van der Waals surface area (Å²) in [5.41, 5.74) is 1.19. The molecule has 0 radical (unpaired) electrons. The molecular formula is C18H14FNO3. The average Bonchev–Trinajstić information content (AvgIpc) is 3.05. The summed E-state index contributed by atoms with van der Waals surface area (Å²) in [5.74, 6) is -0.0574. The highest BCUT2D eigenvalue weighted by Crippen LogP contribution is 2.20. The molecule has 0 N–H and O–H groups in total. The van der Waals surface area contributed by atoms with Crippen LogP contribution in [0.5, 0.6) is 0 Å². The lowest BCUT2D eigenvalue weighted by atomic mass is 10.1. The minimum absolute atomic E-state index is 0.0832. The second kappa shape index (κ2) is 6.87. The summed E-state index contributed by atoms with van der Waals surface area (Å²) in [6, 6.07) is 15.6. The van der Waals surface area contributed by atoms with Crippen molar-refractivity contribution in [2.75, 3.05) is 0 Å². The average molecular weight is 311 g/mol. The first kappa shape index (κ1) is 15.0. The van der Waals surface area contributed by atoms with E-state index in [-0.39, 0.29) is 13.0 Å². The Morgan fingerprint density at radius 1 is 1.09 bits per heavy atom. The third-order valence-electron chi connectivity index (χ3n) is 3.26. The van der Waals surface area contributed by atoms with E-state index in [1.54, 1.807) is 24.4 Å². The molecule has 0 unspecified atom stereocenters. The second-order valence-electron chi connectivity index (χ2n) is 4.91. The molecule has 0 amide bonds. The van der Waals surface area contributed by atoms with E-state index < -0.39 is 11.8 Å². The van der Waals surface area contributed by atoms with E-state index in [4.69, 9.17) is 9.15 Å². The predicted molar refractivity (Wildman–Crippen MR) is 81.8 cm³/mol. The zero-order valence-electron chi connectivity index (χ0n) is 12.2. The third kappa shape index (κ3) is 3.83. The predicted octanol–water partition coefficient (Wildman–Crippen LogP) is 3.77. The Kier molecular flexibility index (Phi) is 4.47. The van der Waals surface area contributed by atoms with Crippen LogP contribution in [0.25, 0.3) is 11.3 Å². The molecule has 0 fully saturated rings. The van der Waals surface area contributed by atoms with E-state index in [9.17, 15) is 9.18 Å². The molecule has 3 rings (SSSR count). The molecule has 3 aromatic rings. The summed E-state index contributed by atoms with van der Waals surface area (Å²) in [6.45, 7) is -0.0832. The summed E-state index contributed by atoms with van der Waals surface area (Å²) in [4.78, 5) is 15.8. The number of hydrogen-bond acceptors (Lipinski definition) is 4. The van der Waals surface area contributed by atoms with Crippen LogP contribution in [-0.2, 0) is 22.6 Å². The Labute approximate surface area is 132 Å². The van der Waals surface area contributed by atoms with Crippen molar-refractivity contribution < 1.29 is 18.3 Å². The molecule has 0 saturated carbocycles. The molecule has 4 nitrogen and oxygen atoms in total. The Balaban J connectivity index is 1.58. The Morgan fingerprint density at radius 3 is 2.61 bits per heavy atom. The fourth-order valence-electron chi connectivity index (χ4n) is 2.10. The second-order valence-corrected chi connectivity index (χ2v) is 4.91. The van der Waals surface area contributed by atoms with E-state index in [2.05, 4.69) is 4.98 Å². The fraction of sp³-hybridized carbons (Fsp3) is 0.111. The van der Waals surface area contributed by atoms with Crippen molar-refractivity contribution in [3.05, 3.63) is 78.1 Å². The van der Waals surface area contributed by atoms with Gasteiger partial charge in [-0.05, 0) is 11.6 Å². The van der Waals surface area contributed by atoms with E-state index in [1.807, 2.05) is 30.3 Å². The van der Waals surface area contributed by atoms with E-state index >= 15 is 0 Å². The van der Waals surface area contributed by atoms with Gasteiger partial charge < -0.3 is 9.15 Å². The number of oxazole rings is 1. The number of nitrogens with zero attached hydrogens (tertiary/aromatic N) is 1. The maximum Gasteiger partial charge on any atom is 0.310 e. The van der Waals surface area contributed by atoms with Gasteiger partial charge in [0.1, 0.15) is 5.82 Å². The first-order chi connectivity index (χ1) is 11.2. The molecule has 0 spiro atoms. The summed E-state index contributed by atoms with van der Waals surface area (Å²) < 4.78 is 24.1. The first-order valence-corrected chi connectivity index (χ1v) is 7.11. The van der Waals surface area contributed by atoms with Gasteiger partial charge in [-0.2, -0.15) is 0 Å². The zero-order valence-corrected chi connectivity index (χ0v) is 12.2. The molecule has 1 heterocycles. The lowest BCUT2D eigenvalue weighted by Gasteiger charge is -2.03. The van der Waals surface area contributed by atoms with Gasteiger partial charge in [-0.3, -0.25) is 4.79 Å². The van der Waals surface area contributed by atoms with Crippen molar-refractivity contribution in [3.8, 4) is 11.3 Å². The van der Waals surface area contributed by atoms with Gasteiger partial charge in [0.2, 0.25) is 5.89 Å². The maximum absolute atomic E-state index is 13.5. The lowest BCUT2D eigenvalue weighted by Crippen LogP contribution is -2.09. The molecule has 0 aliphatic heterocycles. The number of halogens is 1. The van der Waals surface area contributed by atoms with Gasteiger partial charge >= 0.3 is 5.97 Å². The summed E-state index contributed by atoms with van der Waals surface area (Å²) in [7, 11) is 0. The summed E-state index contributed by atoms with van der Waals surface area (Å²) >= 11 is 0. The molecule has 0 saturated heterocycles. The molecule has 2 aromatic carbocycles. The standard InChI is InChI=1S/C18H14FNO3/c19-15-9-5-4-8-14(15)10-18(21)22-12-17-20-11-16(23-17)13-6-2-1-3-7-13/h1-9,11H,10,12H2. The van der Waals surface area contributed by atoms with Crippen molar-refractivity contribution in [3.63, 3.8) is 0 Å². The number of rotatable bonds is 5. The van der Waals surface area contributed by atoms with Gasteiger partial charge in [0.25, 0.3) is 0 Å². The van der Waals surface area contributed by atoms with Crippen molar-refractivity contribution in [1.29, 1.82) is 0 Å². The van der Waals surface area contributed by atoms with Crippen LogP contribution in [0.2, 0.25) is 0 Å². The number of benzene rings is 2. The highest BCUT2D eigenvalue weighted by atomic mass is 19.1. The SMILES string of the molecule is O=C(Cc1ccccc1F)OCc1ncc(-c2ccccc2)o1. The lowest BCUT2D eigenvalue weighted by molar-refractivity contribution is -0.144. The van der Waals surface area contributed by atoms with E-state index in [0.717, 1.165) is 5.56 Å². The van der Waals surface area contributed by atoms with Crippen molar-refractivity contribution in [1.82, 2.24) is 4.98 Å². The van der Waals surface area contributed by atoms with Gasteiger partial charge in [0.05, 0.1) is 12.6 Å². The smallest absolute Gasteiger partial charge is 0.310 e. The summed E-state index contributed by atoms with van der Waals surface area (Å²) in [6.07, 6.45) is 1.45. The molecule has 0 aliphatic rings. The van der Waals surface area contributed by atoms with Gasteiger partial charge in [-0.1, -0.05) is 48.5 Å². The normalized spacial score (nSPS) is 10.5. The Hall–Kier alpha value is -2.95. The molecule has 0 bridgehead atoms. The van der Waals surface area contributed by atoms with Crippen LogP contribution in [-0.4, -0.2) is 11.0 Å². The highest BCUT2D eigenvalue weighted by Gasteiger charge is 2.11. The largest absolute Gasteiger partial charge is 0.455 e. The minimum Gasteiger partial charge on any atom is -0.455 e. The van der Waals surface area contributed by atoms with Crippen LogP contribution in [0.1, 0.15) is 11.5 Å². The quantitative estimate of drug-likeness (QED) is 0.673. The molecule has 0 atom stereocenters. The van der Waals surface area contributed by atoms with Crippen molar-refractivity contribution in [2.24, 2.45) is 0 Å². The number of esters is 1. The molecule has 5 heteroatoms. The molecule has 23 heavy (non-hydrogen) atoms. The van der Waals surface area contributed by atoms with Crippen LogP contribution < -0.4 is 0 Å². The van der Waals surface area contributed by atoms with Crippen LogP contribution in [0.3, 0.4) is 0 Å². The number of carbonyl (C=O) groups is 1. The van der Waals surface area contributed by atoms with Gasteiger partial charge in [-0.15, -0.1) is 0 Å². The highest BCUT2D eigenvalue weighted by molar-refractivity contribution is 5.72. The van der Waals surface area contributed by atoms with Crippen LogP contribution in [0.4, 0.5) is 4.39 Å². The first-order valence-electron chi connectivity index (χ1n) is 7.11. The Morgan fingerprint density at radius 2 is 1.83 bits per heavy atom. The molecule has 116 valence electrons. The molecule has 1 aromatic heterocycles. The van der Waals surface area contributed by atoms with Gasteiger partial charge in [0.15, 0.2) is 12.4 Å². The van der Waals surface area contributed by atoms with Gasteiger partial charge in [-0.25, -0.2) is 9.37 Å². The van der Waals surface area contributed by atoms with E-state index in [0.29, 0.717) is 17.2 Å². The molecular weight excluding hydrogens is 297 g/mol. The maximum atomic E-state index is 13.5. The topological polar surface area (TPSA) is 52.3 Å². The Bertz CT molecular complexity index is 799. The van der Waals surface area contributed by atoms with Crippen LogP contribution in [0.15, 0.2) is 65.2 Å². The molecule has 0 aliphatic carbocycles. The van der Waals surface area contributed by atoms with Crippen molar-refractivity contribution >= 4 is 5.97 Å².